The Balaban J connectivity index is 1.12. The number of carboxylic acid groups (broad SMARTS) is 1. The summed E-state index contributed by atoms with van der Waals surface area (Å²) in [6.45, 7) is 1.69. The Bertz CT molecular complexity index is 3900. The third-order valence-electron chi connectivity index (χ3n) is 17.3. The molecule has 1 fully saturated rings. The number of amides is 9. The van der Waals surface area contributed by atoms with Crippen molar-refractivity contribution in [2.45, 2.75) is 145 Å². The first-order valence-electron chi connectivity index (χ1n) is 34.2. The third kappa shape index (κ3) is 25.9. The van der Waals surface area contributed by atoms with Crippen LogP contribution in [0.15, 0.2) is 168 Å². The molecule has 0 saturated carbocycles. The molecule has 10 atom stereocenters. The number of nitrogens with one attached hydrogen (secondary N) is 9. The number of aromatic hydroxyl groups is 1. The number of aliphatic imine (C=N–C) groups is 2. The normalized spacial score (nSPS) is 15.1. The average molecular weight is 1420 g/mol. The lowest BCUT2D eigenvalue weighted by molar-refractivity contribution is -0.144. The number of carboxylic acids is 1. The number of carbonyl (C=O) groups excluding carboxylic acids is 9. The van der Waals surface area contributed by atoms with Crippen LogP contribution in [-0.2, 0) is 80.0 Å². The molecule has 0 aliphatic carbocycles. The highest BCUT2D eigenvalue weighted by Gasteiger charge is 2.40. The maximum atomic E-state index is 15.0. The number of aliphatic hydroxyl groups is 1. The van der Waals surface area contributed by atoms with Gasteiger partial charge >= 0.3 is 5.97 Å². The van der Waals surface area contributed by atoms with Crippen LogP contribution in [-0.4, -0.2) is 184 Å². The first-order chi connectivity index (χ1) is 49.4. The molecule has 0 bridgehead atoms. The highest BCUT2D eigenvalue weighted by atomic mass is 16.4. The van der Waals surface area contributed by atoms with Crippen LogP contribution in [0, 0.1) is 0 Å². The summed E-state index contributed by atoms with van der Waals surface area (Å²) in [5, 5.41) is 57.9. The van der Waals surface area contributed by atoms with E-state index in [4.69, 9.17) is 22.9 Å². The first-order valence-corrected chi connectivity index (χ1v) is 34.2. The van der Waals surface area contributed by atoms with E-state index in [1.807, 2.05) is 42.5 Å². The van der Waals surface area contributed by atoms with Crippen LogP contribution < -0.4 is 70.8 Å². The van der Waals surface area contributed by atoms with Gasteiger partial charge in [-0.15, -0.1) is 0 Å². The topological polar surface area (TPSA) is 472 Å². The van der Waals surface area contributed by atoms with Crippen LogP contribution in [0.4, 0.5) is 0 Å². The van der Waals surface area contributed by atoms with Crippen molar-refractivity contribution in [3.63, 3.8) is 0 Å². The van der Waals surface area contributed by atoms with Gasteiger partial charge in [-0.3, -0.25) is 57.9 Å². The van der Waals surface area contributed by atoms with Gasteiger partial charge < -0.3 is 91.0 Å². The van der Waals surface area contributed by atoms with Crippen molar-refractivity contribution in [1.82, 2.24) is 52.8 Å². The van der Waals surface area contributed by atoms with E-state index >= 15 is 0 Å². The lowest BCUT2D eigenvalue weighted by atomic mass is 9.99. The quantitative estimate of drug-likeness (QED) is 0.0138. The summed E-state index contributed by atoms with van der Waals surface area (Å²) in [6, 6.07) is 33.1. The molecule has 6 aromatic rings. The second kappa shape index (κ2) is 40.1. The minimum absolute atomic E-state index is 0.0208. The number of aliphatic carboxylic acids is 1. The molecule has 1 heterocycles. The number of fused-ring (bicyclic) bond motifs is 1. The van der Waals surface area contributed by atoms with Crippen LogP contribution in [0.2, 0.25) is 0 Å². The average Bonchev–Trinajstić information content (AvgIpc) is 1.81. The van der Waals surface area contributed by atoms with Gasteiger partial charge in [-0.05, 0) is 103 Å². The van der Waals surface area contributed by atoms with Gasteiger partial charge in [-0.25, -0.2) is 0 Å². The molecule has 9 amide bonds. The number of phenols is 1. The maximum Gasteiger partial charge on any atom is 0.325 e. The fourth-order valence-corrected chi connectivity index (χ4v) is 11.9. The van der Waals surface area contributed by atoms with Crippen molar-refractivity contribution in [3.05, 3.63) is 186 Å². The fourth-order valence-electron chi connectivity index (χ4n) is 11.9. The molecule has 0 unspecified atom stereocenters. The van der Waals surface area contributed by atoms with Crippen molar-refractivity contribution in [1.29, 1.82) is 0 Å². The molecule has 20 N–H and O–H groups in total. The van der Waals surface area contributed by atoms with Gasteiger partial charge in [0.15, 0.2) is 11.9 Å². The second-order valence-corrected chi connectivity index (χ2v) is 25.4. The van der Waals surface area contributed by atoms with Crippen molar-refractivity contribution >= 4 is 81.8 Å². The van der Waals surface area contributed by atoms with Gasteiger partial charge in [0.1, 0.15) is 54.1 Å². The summed E-state index contributed by atoms with van der Waals surface area (Å²) in [7, 11) is 0. The lowest BCUT2D eigenvalue weighted by Crippen LogP contribution is -2.61. The number of carbonyl (C=O) groups is 10. The highest BCUT2D eigenvalue weighted by Crippen LogP contribution is 2.22. The van der Waals surface area contributed by atoms with Gasteiger partial charge in [0.25, 0.3) is 0 Å². The molecule has 29 nitrogen and oxygen atoms in total. The number of hydrogen-bond donors (Lipinski definition) is 16. The molecule has 0 radical (unpaired) electrons. The molecular formula is C74H94N16O13. The molecule has 1 aliphatic heterocycles. The van der Waals surface area contributed by atoms with E-state index < -0.39 is 126 Å². The molecule has 6 aromatic carbocycles. The van der Waals surface area contributed by atoms with Gasteiger partial charge in [-0.1, -0.05) is 146 Å². The molecule has 7 rings (SSSR count). The minimum Gasteiger partial charge on any atom is -0.508 e. The Labute approximate surface area is 597 Å². The highest BCUT2D eigenvalue weighted by molar-refractivity contribution is 5.98. The van der Waals surface area contributed by atoms with Crippen LogP contribution in [0.1, 0.15) is 80.2 Å². The van der Waals surface area contributed by atoms with E-state index in [0.717, 1.165) is 16.3 Å². The smallest absolute Gasteiger partial charge is 0.325 e. The molecule has 0 aromatic heterocycles. The number of rotatable bonds is 39. The summed E-state index contributed by atoms with van der Waals surface area (Å²) in [5.74, 6) is -8.28. The Morgan fingerprint density at radius 1 is 0.485 bits per heavy atom. The Hall–Kier alpha value is -11.5. The summed E-state index contributed by atoms with van der Waals surface area (Å²) >= 11 is 0. The monoisotopic (exact) mass is 1410 g/mol. The Morgan fingerprint density at radius 3 is 1.39 bits per heavy atom. The van der Waals surface area contributed by atoms with E-state index in [9.17, 15) is 63.3 Å². The zero-order valence-corrected chi connectivity index (χ0v) is 57.7. The number of nitrogens with zero attached hydrogens (tertiary/aromatic N) is 3. The maximum absolute atomic E-state index is 15.0. The molecule has 0 spiro atoms. The molecular weight excluding hydrogens is 1320 g/mol. The summed E-state index contributed by atoms with van der Waals surface area (Å²) in [4.78, 5) is 150. The summed E-state index contributed by atoms with van der Waals surface area (Å²) in [5.41, 5.74) is 25.8. The second-order valence-electron chi connectivity index (χ2n) is 25.4. The fraction of sp³-hybridized carbons (Fsp3) is 0.378. The largest absolute Gasteiger partial charge is 0.508 e. The number of phenolic OH excluding ortho intramolecular Hbond substituents is 1. The molecule has 548 valence electrons. The van der Waals surface area contributed by atoms with Gasteiger partial charge in [0.05, 0.1) is 12.6 Å². The summed E-state index contributed by atoms with van der Waals surface area (Å²) in [6.07, 6.45) is 0.888. The van der Waals surface area contributed by atoms with Crippen molar-refractivity contribution in [3.8, 4) is 5.75 Å². The number of guanidine groups is 2. The van der Waals surface area contributed by atoms with Crippen LogP contribution in [0.5, 0.6) is 5.75 Å². The van der Waals surface area contributed by atoms with Gasteiger partial charge in [0, 0.05) is 64.8 Å². The van der Waals surface area contributed by atoms with Crippen LogP contribution in [0.25, 0.3) is 10.8 Å². The SMILES string of the molecule is CC(=O)N[C@@H](Cc1ccc2ccccc2c1)C(=O)N[C@@H](Cc1ccccc1)C(=O)N[C@@H](Cc1ccccc1)C(=O)N[C@@H](CO)C(=O)N[C@H](CN[C@@H](CCCN=C(N)N)C(=O)N[C@@H](Cc1ccccc1)C(=O)N[C@@H](CCCN=C(N)N)C(=O)N1CCC[C@@H]1C(=O)N[C@@H](C)C(=O)O)Cc1ccc(O)cc1. The number of nitrogens with two attached hydrogens (primary N) is 4. The zero-order valence-electron chi connectivity index (χ0n) is 57.7. The number of benzene rings is 6. The first kappa shape index (κ1) is 78.9. The zero-order chi connectivity index (χ0) is 74.4. The van der Waals surface area contributed by atoms with E-state index in [0.29, 0.717) is 28.7 Å². The molecule has 1 saturated heterocycles. The lowest BCUT2D eigenvalue weighted by Gasteiger charge is -2.30. The van der Waals surface area contributed by atoms with Gasteiger partial charge in [0.2, 0.25) is 53.2 Å². The Morgan fingerprint density at radius 2 is 0.903 bits per heavy atom. The minimum atomic E-state index is -1.66. The van der Waals surface area contributed by atoms with E-state index in [1.165, 1.54) is 30.9 Å². The molecule has 103 heavy (non-hydrogen) atoms. The van der Waals surface area contributed by atoms with E-state index in [1.54, 1.807) is 103 Å². The van der Waals surface area contributed by atoms with Crippen LogP contribution in [0.3, 0.4) is 0 Å². The Kier molecular flexibility index (Phi) is 30.7. The van der Waals surface area contributed by atoms with E-state index in [-0.39, 0.29) is 108 Å². The van der Waals surface area contributed by atoms with Crippen molar-refractivity contribution in [2.75, 3.05) is 32.8 Å². The van der Waals surface area contributed by atoms with E-state index in [2.05, 4.69) is 57.8 Å². The molecule has 1 aliphatic rings. The predicted octanol–water partition coefficient (Wildman–Crippen LogP) is 0.110. The van der Waals surface area contributed by atoms with Gasteiger partial charge in [-0.2, -0.15) is 0 Å². The summed E-state index contributed by atoms with van der Waals surface area (Å²) < 4.78 is 0. The number of hydrogen-bond acceptors (Lipinski definition) is 15. The van der Waals surface area contributed by atoms with Crippen molar-refractivity contribution in [2.24, 2.45) is 32.9 Å². The molecule has 29 heteroatoms. The third-order valence-corrected chi connectivity index (χ3v) is 17.3. The predicted molar refractivity (Wildman–Crippen MR) is 388 cm³/mol. The number of likely N-dealkylation sites (tertiary alicyclic amines) is 1. The van der Waals surface area contributed by atoms with Crippen molar-refractivity contribution < 1.29 is 63.3 Å². The van der Waals surface area contributed by atoms with Crippen LogP contribution >= 0.6 is 0 Å². The standard InChI is InChI=1S/C74H94N16O13/c1-45(72(102)103)82-70(100)63-27-16-36-90(63)71(101)57(26-15-35-80-74(77)78)85-66(96)59(39-47-17-6-3-7-18-47)86-64(94)56(25-14-34-79-73(75)76)81-43-54(38-50-29-32-55(93)33-30-50)84-69(99)62(44-91)89-68(98)61(41-49-21-10-5-11-22-49)88-67(97)60(40-48-19-8-4-9-20-48)87-65(95)58(83-46(2)92)42-51-28-31-52-23-12-13-24-53(52)37-51/h3-13,17-24,28-33,37,45,54,56-63,81,91,93H,14-16,25-27,34-36,38-44H2,1-2H3,(H,82,100)(H,83,92)(H,84,99)(H,85,96)(H,86,94)(H,87,95)(H,88,97)(H,89,98)(H,102,103)(H4,75,76,79)(H4,77,78,80)/t45-,54-,56-,57-,58-,59-,60-,61-,62-,63+/m0/s1. The number of aliphatic hydroxyl groups excluding tert-OH is 1.